The average molecular weight is 399 g/mol. The number of carbonyl (C=O) groups excluding carboxylic acids is 1. The molecule has 1 aromatic carbocycles. The molecule has 0 N–H and O–H groups in total. The van der Waals surface area contributed by atoms with E-state index in [0.717, 1.165) is 5.56 Å². The molecule has 1 aliphatic rings. The summed E-state index contributed by atoms with van der Waals surface area (Å²) in [7, 11) is 1.58. The normalized spacial score (nSPS) is 13.3. The van der Waals surface area contributed by atoms with Gasteiger partial charge in [0.1, 0.15) is 6.54 Å². The molecule has 0 saturated carbocycles. The van der Waals surface area contributed by atoms with Gasteiger partial charge >= 0.3 is 0 Å². The Labute approximate surface area is 150 Å². The molecule has 0 bridgehead atoms. The number of hydrogen-bond acceptors (Lipinski definition) is 5. The number of nitrogens with zero attached hydrogens (tertiary/aromatic N) is 6. The van der Waals surface area contributed by atoms with Crippen LogP contribution in [-0.4, -0.2) is 32.1 Å². The van der Waals surface area contributed by atoms with E-state index in [4.69, 9.17) is 0 Å². The van der Waals surface area contributed by atoms with Crippen molar-refractivity contribution in [2.24, 2.45) is 0 Å². The topological polar surface area (TPSA) is 96.8 Å². The Bertz CT molecular complexity index is 1140. The number of halogens is 1. The van der Waals surface area contributed by atoms with Gasteiger partial charge in [0.2, 0.25) is 11.9 Å². The van der Waals surface area contributed by atoms with Crippen molar-refractivity contribution in [3.05, 3.63) is 50.5 Å². The minimum Gasteiger partial charge on any atom is -0.298 e. The molecule has 3 heterocycles. The van der Waals surface area contributed by atoms with Gasteiger partial charge in [-0.3, -0.25) is 23.6 Å². The van der Waals surface area contributed by atoms with Crippen LogP contribution in [0.1, 0.15) is 11.1 Å². The number of nitriles is 1. The van der Waals surface area contributed by atoms with Crippen molar-refractivity contribution in [3.63, 3.8) is 0 Å². The molecular formula is C16H11BrN6O2. The maximum absolute atomic E-state index is 12.6. The Hall–Kier alpha value is -2.99. The SMILES string of the molecule is CN1C(=O)Cn2c1nc1c(nc(Br)n1Cc1ccccc1C#N)c2=O. The van der Waals surface area contributed by atoms with Crippen LogP contribution in [-0.2, 0) is 17.9 Å². The first kappa shape index (κ1) is 15.5. The summed E-state index contributed by atoms with van der Waals surface area (Å²) in [4.78, 5) is 34.6. The molecule has 1 amide bonds. The van der Waals surface area contributed by atoms with Crippen molar-refractivity contribution in [3.8, 4) is 6.07 Å². The zero-order chi connectivity index (χ0) is 17.7. The molecule has 2 aromatic heterocycles. The van der Waals surface area contributed by atoms with Gasteiger partial charge in [0.15, 0.2) is 15.9 Å². The molecule has 0 spiro atoms. The average Bonchev–Trinajstić information content (AvgIpc) is 3.08. The monoisotopic (exact) mass is 398 g/mol. The summed E-state index contributed by atoms with van der Waals surface area (Å²) >= 11 is 3.36. The summed E-state index contributed by atoms with van der Waals surface area (Å²) in [5.74, 6) is 0.0995. The molecule has 0 saturated heterocycles. The van der Waals surface area contributed by atoms with Gasteiger partial charge in [-0.05, 0) is 27.6 Å². The van der Waals surface area contributed by atoms with E-state index in [1.165, 1.54) is 9.47 Å². The molecule has 124 valence electrons. The number of imidazole rings is 1. The quantitative estimate of drug-likeness (QED) is 0.605. The summed E-state index contributed by atoms with van der Waals surface area (Å²) in [6.45, 7) is 0.295. The van der Waals surface area contributed by atoms with Gasteiger partial charge in [-0.25, -0.2) is 4.98 Å². The number of hydrogen-bond donors (Lipinski definition) is 0. The van der Waals surface area contributed by atoms with Crippen LogP contribution in [0.25, 0.3) is 11.2 Å². The lowest BCUT2D eigenvalue weighted by Crippen LogP contribution is -2.22. The number of rotatable bonds is 2. The number of amides is 1. The zero-order valence-corrected chi connectivity index (χ0v) is 14.7. The fraction of sp³-hybridized carbons (Fsp3) is 0.188. The van der Waals surface area contributed by atoms with Gasteiger partial charge in [-0.1, -0.05) is 18.2 Å². The molecule has 0 unspecified atom stereocenters. The van der Waals surface area contributed by atoms with Crippen molar-refractivity contribution in [1.29, 1.82) is 5.26 Å². The van der Waals surface area contributed by atoms with Gasteiger partial charge in [-0.2, -0.15) is 10.2 Å². The molecule has 0 atom stereocenters. The first-order valence-corrected chi connectivity index (χ1v) is 8.21. The molecule has 1 aliphatic heterocycles. The standard InChI is InChI=1S/C16H11BrN6O2/c1-21-11(24)8-23-14(25)12-13(20-16(21)23)22(15(17)19-12)7-10-5-3-2-4-9(10)6-18/h2-5H,7-8H2,1H3. The van der Waals surface area contributed by atoms with Crippen LogP contribution in [0.15, 0.2) is 33.8 Å². The van der Waals surface area contributed by atoms with Gasteiger partial charge < -0.3 is 0 Å². The second-order valence-corrected chi connectivity index (χ2v) is 6.37. The van der Waals surface area contributed by atoms with Gasteiger partial charge in [-0.15, -0.1) is 0 Å². The van der Waals surface area contributed by atoms with Crippen molar-refractivity contribution >= 4 is 38.9 Å². The molecular weight excluding hydrogens is 388 g/mol. The highest BCUT2D eigenvalue weighted by Gasteiger charge is 2.29. The number of carbonyl (C=O) groups is 1. The lowest BCUT2D eigenvalue weighted by atomic mass is 10.1. The summed E-state index contributed by atoms with van der Waals surface area (Å²) in [6, 6.07) is 9.36. The molecule has 25 heavy (non-hydrogen) atoms. The summed E-state index contributed by atoms with van der Waals surface area (Å²) in [5.41, 5.74) is 1.54. The fourth-order valence-corrected chi connectivity index (χ4v) is 3.35. The van der Waals surface area contributed by atoms with Gasteiger partial charge in [0, 0.05) is 7.05 Å². The number of aromatic nitrogens is 4. The van der Waals surface area contributed by atoms with Gasteiger partial charge in [0.05, 0.1) is 18.2 Å². The maximum atomic E-state index is 12.6. The van der Waals surface area contributed by atoms with E-state index < -0.39 is 0 Å². The third-order valence-corrected chi connectivity index (χ3v) is 4.83. The third kappa shape index (κ3) is 2.26. The molecule has 0 radical (unpaired) electrons. The smallest absolute Gasteiger partial charge is 0.283 e. The first-order chi connectivity index (χ1) is 12.0. The molecule has 3 aromatic rings. The Kier molecular flexibility index (Phi) is 3.43. The van der Waals surface area contributed by atoms with Crippen LogP contribution in [0.2, 0.25) is 0 Å². The second kappa shape index (κ2) is 5.53. The predicted molar refractivity (Wildman–Crippen MR) is 93.2 cm³/mol. The molecule has 8 nitrogen and oxygen atoms in total. The second-order valence-electron chi connectivity index (χ2n) is 5.66. The van der Waals surface area contributed by atoms with Gasteiger partial charge in [0.25, 0.3) is 5.56 Å². The molecule has 9 heteroatoms. The number of anilines is 1. The molecule has 4 rings (SSSR count). The van der Waals surface area contributed by atoms with Crippen molar-refractivity contribution in [2.45, 2.75) is 13.1 Å². The Morgan fingerprint density at radius 1 is 1.28 bits per heavy atom. The Balaban J connectivity index is 1.93. The minimum absolute atomic E-state index is 0.0324. The van der Waals surface area contributed by atoms with Crippen LogP contribution >= 0.6 is 15.9 Å². The van der Waals surface area contributed by atoms with Crippen LogP contribution < -0.4 is 10.5 Å². The lowest BCUT2D eigenvalue weighted by molar-refractivity contribution is -0.117. The van der Waals surface area contributed by atoms with E-state index in [9.17, 15) is 14.9 Å². The summed E-state index contributed by atoms with van der Waals surface area (Å²) in [5, 5.41) is 9.26. The van der Waals surface area contributed by atoms with E-state index >= 15 is 0 Å². The maximum Gasteiger partial charge on any atom is 0.283 e. The highest BCUT2D eigenvalue weighted by Crippen LogP contribution is 2.23. The largest absolute Gasteiger partial charge is 0.298 e. The Morgan fingerprint density at radius 3 is 2.80 bits per heavy atom. The number of benzene rings is 1. The fourth-order valence-electron chi connectivity index (χ4n) is 2.88. The third-order valence-electron chi connectivity index (χ3n) is 4.22. The van der Waals surface area contributed by atoms with E-state index in [1.54, 1.807) is 23.7 Å². The highest BCUT2D eigenvalue weighted by atomic mass is 79.9. The van der Waals surface area contributed by atoms with E-state index in [0.29, 0.717) is 28.4 Å². The minimum atomic E-state index is -0.356. The Morgan fingerprint density at radius 2 is 2.04 bits per heavy atom. The molecule has 0 aliphatic carbocycles. The van der Waals surface area contributed by atoms with E-state index in [-0.39, 0.29) is 23.5 Å². The van der Waals surface area contributed by atoms with Crippen molar-refractivity contribution in [1.82, 2.24) is 19.1 Å². The summed E-state index contributed by atoms with van der Waals surface area (Å²) in [6.07, 6.45) is 0. The van der Waals surface area contributed by atoms with Crippen molar-refractivity contribution < 1.29 is 4.79 Å². The summed E-state index contributed by atoms with van der Waals surface area (Å²) < 4.78 is 3.47. The number of likely N-dealkylation sites (N-methyl/N-ethyl adjacent to an activating group) is 1. The highest BCUT2D eigenvalue weighted by molar-refractivity contribution is 9.10. The lowest BCUT2D eigenvalue weighted by Gasteiger charge is -2.10. The predicted octanol–water partition coefficient (Wildman–Crippen LogP) is 1.25. The zero-order valence-electron chi connectivity index (χ0n) is 13.1. The van der Waals surface area contributed by atoms with E-state index in [2.05, 4.69) is 32.0 Å². The van der Waals surface area contributed by atoms with Crippen LogP contribution in [0.5, 0.6) is 0 Å². The van der Waals surface area contributed by atoms with Crippen LogP contribution in [0.3, 0.4) is 0 Å². The first-order valence-electron chi connectivity index (χ1n) is 7.42. The van der Waals surface area contributed by atoms with E-state index in [1.807, 2.05) is 12.1 Å². The van der Waals surface area contributed by atoms with Crippen LogP contribution in [0, 0.1) is 11.3 Å². The molecule has 0 fully saturated rings. The van der Waals surface area contributed by atoms with Crippen molar-refractivity contribution in [2.75, 3.05) is 11.9 Å². The number of fused-ring (bicyclic) bond motifs is 2. The van der Waals surface area contributed by atoms with Crippen LogP contribution in [0.4, 0.5) is 5.95 Å².